The fourth-order valence-electron chi connectivity index (χ4n) is 2.30. The first-order valence-electron chi connectivity index (χ1n) is 7.28. The molecule has 2 rings (SSSR count). The van der Waals surface area contributed by atoms with Gasteiger partial charge in [-0.2, -0.15) is 10.4 Å². The van der Waals surface area contributed by atoms with Crippen molar-refractivity contribution in [1.29, 1.82) is 5.26 Å². The van der Waals surface area contributed by atoms with E-state index in [1.807, 2.05) is 18.2 Å². The van der Waals surface area contributed by atoms with Gasteiger partial charge in [-0.25, -0.2) is 0 Å². The van der Waals surface area contributed by atoms with Gasteiger partial charge in [0.15, 0.2) is 0 Å². The zero-order valence-corrected chi connectivity index (χ0v) is 13.1. The van der Waals surface area contributed by atoms with Gasteiger partial charge in [0.05, 0.1) is 11.6 Å². The highest BCUT2D eigenvalue weighted by Gasteiger charge is 2.16. The summed E-state index contributed by atoms with van der Waals surface area (Å²) in [5.74, 6) is 0.378. The number of nitrogens with zero attached hydrogens (tertiary/aromatic N) is 3. The van der Waals surface area contributed by atoms with Gasteiger partial charge in [-0.1, -0.05) is 26.0 Å². The monoisotopic (exact) mass is 296 g/mol. The Morgan fingerprint density at radius 3 is 2.86 bits per heavy atom. The fourth-order valence-corrected chi connectivity index (χ4v) is 2.30. The Morgan fingerprint density at radius 2 is 2.18 bits per heavy atom. The number of nitriles is 1. The number of H-pyrrole nitrogens is 1. The molecule has 5 nitrogen and oxygen atoms in total. The van der Waals surface area contributed by atoms with E-state index >= 15 is 0 Å². The van der Waals surface area contributed by atoms with Gasteiger partial charge in [0.1, 0.15) is 5.69 Å². The molecular weight excluding hydrogens is 276 g/mol. The van der Waals surface area contributed by atoms with Crippen molar-refractivity contribution in [1.82, 2.24) is 15.1 Å². The van der Waals surface area contributed by atoms with Crippen LogP contribution in [0.5, 0.6) is 0 Å². The van der Waals surface area contributed by atoms with Crippen LogP contribution in [0.25, 0.3) is 0 Å². The molecule has 0 aliphatic carbocycles. The number of amides is 1. The molecule has 114 valence electrons. The van der Waals surface area contributed by atoms with Gasteiger partial charge in [0, 0.05) is 19.3 Å². The van der Waals surface area contributed by atoms with Crippen molar-refractivity contribution in [2.45, 2.75) is 26.8 Å². The smallest absolute Gasteiger partial charge is 0.274 e. The van der Waals surface area contributed by atoms with Crippen molar-refractivity contribution < 1.29 is 4.79 Å². The standard InChI is InChI=1S/C17H20N4O/c1-12(2)7-15-9-16(20-19-15)17(22)21(3)11-14-6-4-5-13(8-14)10-18/h4-6,8-9,12H,7,11H2,1-3H3,(H,19,20). The lowest BCUT2D eigenvalue weighted by atomic mass is 10.1. The second kappa shape index (κ2) is 6.90. The van der Waals surface area contributed by atoms with E-state index in [1.54, 1.807) is 24.1 Å². The lowest BCUT2D eigenvalue weighted by Crippen LogP contribution is -2.26. The summed E-state index contributed by atoms with van der Waals surface area (Å²) >= 11 is 0. The third kappa shape index (κ3) is 3.95. The van der Waals surface area contributed by atoms with Crippen molar-refractivity contribution >= 4 is 5.91 Å². The maximum atomic E-state index is 12.4. The molecule has 0 bridgehead atoms. The Bertz CT molecular complexity index is 697. The molecule has 0 saturated heterocycles. The lowest BCUT2D eigenvalue weighted by molar-refractivity contribution is 0.0779. The van der Waals surface area contributed by atoms with Gasteiger partial charge in [0.2, 0.25) is 0 Å². The maximum absolute atomic E-state index is 12.4. The summed E-state index contributed by atoms with van der Waals surface area (Å²) in [7, 11) is 1.73. The number of benzene rings is 1. The lowest BCUT2D eigenvalue weighted by Gasteiger charge is -2.15. The highest BCUT2D eigenvalue weighted by molar-refractivity contribution is 5.92. The third-order valence-electron chi connectivity index (χ3n) is 3.30. The van der Waals surface area contributed by atoms with Crippen molar-refractivity contribution in [3.63, 3.8) is 0 Å². The first kappa shape index (κ1) is 15.8. The number of carbonyl (C=O) groups is 1. The number of nitrogens with one attached hydrogen (secondary N) is 1. The van der Waals surface area contributed by atoms with E-state index in [0.717, 1.165) is 17.7 Å². The molecule has 5 heteroatoms. The van der Waals surface area contributed by atoms with Crippen LogP contribution >= 0.6 is 0 Å². The van der Waals surface area contributed by atoms with E-state index in [4.69, 9.17) is 5.26 Å². The zero-order valence-electron chi connectivity index (χ0n) is 13.1. The number of carbonyl (C=O) groups excluding carboxylic acids is 1. The molecule has 0 unspecified atom stereocenters. The SMILES string of the molecule is CC(C)Cc1cc(C(=O)N(C)Cc2cccc(C#N)c2)n[nH]1. The van der Waals surface area contributed by atoms with Crippen LogP contribution in [0.2, 0.25) is 0 Å². The number of hydrogen-bond acceptors (Lipinski definition) is 3. The maximum Gasteiger partial charge on any atom is 0.274 e. The van der Waals surface area contributed by atoms with Gasteiger partial charge in [-0.3, -0.25) is 9.89 Å². The molecule has 0 fully saturated rings. The van der Waals surface area contributed by atoms with Crippen LogP contribution in [-0.4, -0.2) is 28.1 Å². The summed E-state index contributed by atoms with van der Waals surface area (Å²) in [6, 6.07) is 11.2. The van der Waals surface area contributed by atoms with Crippen LogP contribution in [0.15, 0.2) is 30.3 Å². The molecular formula is C17H20N4O. The Balaban J connectivity index is 2.05. The van der Waals surface area contributed by atoms with E-state index in [1.165, 1.54) is 0 Å². The van der Waals surface area contributed by atoms with Crippen molar-refractivity contribution in [3.8, 4) is 6.07 Å². The molecule has 0 aliphatic heterocycles. The summed E-state index contributed by atoms with van der Waals surface area (Å²) in [4.78, 5) is 14.0. The first-order valence-corrected chi connectivity index (χ1v) is 7.28. The first-order chi connectivity index (χ1) is 10.5. The molecule has 1 aromatic carbocycles. The van der Waals surface area contributed by atoms with Crippen LogP contribution in [0.1, 0.15) is 41.2 Å². The molecule has 1 aromatic heterocycles. The molecule has 0 saturated carbocycles. The minimum Gasteiger partial charge on any atom is -0.336 e. The van der Waals surface area contributed by atoms with Crippen LogP contribution < -0.4 is 0 Å². The predicted molar refractivity (Wildman–Crippen MR) is 84.1 cm³/mol. The second-order valence-corrected chi connectivity index (χ2v) is 5.85. The van der Waals surface area contributed by atoms with Crippen LogP contribution in [0.3, 0.4) is 0 Å². The molecule has 22 heavy (non-hydrogen) atoms. The summed E-state index contributed by atoms with van der Waals surface area (Å²) < 4.78 is 0. The molecule has 1 N–H and O–H groups in total. The van der Waals surface area contributed by atoms with E-state index < -0.39 is 0 Å². The molecule has 1 heterocycles. The molecule has 0 aliphatic rings. The van der Waals surface area contributed by atoms with E-state index in [9.17, 15) is 4.79 Å². The van der Waals surface area contributed by atoms with Gasteiger partial charge in [-0.05, 0) is 36.1 Å². The van der Waals surface area contributed by atoms with Crippen LogP contribution in [0, 0.1) is 17.2 Å². The van der Waals surface area contributed by atoms with Crippen molar-refractivity contribution in [2.24, 2.45) is 5.92 Å². The number of aromatic amines is 1. The Labute approximate surface area is 130 Å². The van der Waals surface area contributed by atoms with Gasteiger partial charge in [0.25, 0.3) is 5.91 Å². The van der Waals surface area contributed by atoms with Crippen molar-refractivity contribution in [2.75, 3.05) is 7.05 Å². The number of aromatic nitrogens is 2. The molecule has 0 atom stereocenters. The predicted octanol–water partition coefficient (Wildman–Crippen LogP) is 2.75. The zero-order chi connectivity index (χ0) is 16.1. The normalized spacial score (nSPS) is 10.5. The van der Waals surface area contributed by atoms with Gasteiger partial charge < -0.3 is 4.90 Å². The Kier molecular flexibility index (Phi) is 4.95. The summed E-state index contributed by atoms with van der Waals surface area (Å²) in [6.45, 7) is 4.69. The minimum atomic E-state index is -0.131. The highest BCUT2D eigenvalue weighted by atomic mass is 16.2. The average Bonchev–Trinajstić information content (AvgIpc) is 2.94. The van der Waals surface area contributed by atoms with Crippen molar-refractivity contribution in [3.05, 3.63) is 52.8 Å². The molecule has 2 aromatic rings. The Hall–Kier alpha value is -2.61. The summed E-state index contributed by atoms with van der Waals surface area (Å²) in [6.07, 6.45) is 0.869. The molecule has 0 radical (unpaired) electrons. The number of hydrogen-bond donors (Lipinski definition) is 1. The molecule has 1 amide bonds. The highest BCUT2D eigenvalue weighted by Crippen LogP contribution is 2.11. The Morgan fingerprint density at radius 1 is 1.41 bits per heavy atom. The second-order valence-electron chi connectivity index (χ2n) is 5.85. The number of rotatable bonds is 5. The van der Waals surface area contributed by atoms with E-state index in [-0.39, 0.29) is 5.91 Å². The van der Waals surface area contributed by atoms with E-state index in [0.29, 0.717) is 23.7 Å². The van der Waals surface area contributed by atoms with Crippen LogP contribution in [-0.2, 0) is 13.0 Å². The fraction of sp³-hybridized carbons (Fsp3) is 0.353. The van der Waals surface area contributed by atoms with Gasteiger partial charge in [-0.15, -0.1) is 0 Å². The summed E-state index contributed by atoms with van der Waals surface area (Å²) in [5, 5.41) is 15.9. The quantitative estimate of drug-likeness (QED) is 0.922. The summed E-state index contributed by atoms with van der Waals surface area (Å²) in [5.41, 5.74) is 2.91. The topological polar surface area (TPSA) is 72.8 Å². The molecule has 0 spiro atoms. The largest absolute Gasteiger partial charge is 0.336 e. The van der Waals surface area contributed by atoms with Gasteiger partial charge >= 0.3 is 0 Å². The average molecular weight is 296 g/mol. The van der Waals surface area contributed by atoms with E-state index in [2.05, 4.69) is 30.1 Å². The van der Waals surface area contributed by atoms with Crippen LogP contribution in [0.4, 0.5) is 0 Å². The third-order valence-corrected chi connectivity index (χ3v) is 3.30. The minimum absolute atomic E-state index is 0.131.